The van der Waals surface area contributed by atoms with E-state index < -0.39 is 17.8 Å². The highest BCUT2D eigenvalue weighted by atomic mass is 16.5. The van der Waals surface area contributed by atoms with Crippen LogP contribution >= 0.6 is 0 Å². The van der Waals surface area contributed by atoms with Gasteiger partial charge >= 0.3 is 6.03 Å². The molecule has 1 aromatic carbocycles. The lowest BCUT2D eigenvalue weighted by molar-refractivity contribution is -0.122. The molecule has 0 aliphatic carbocycles. The molecule has 2 fully saturated rings. The number of aromatic nitrogens is 1. The standard InChI is InChI=1S/C24H27N3O5/c1-4-31-19-9-7-18(8-10-19)27-23(29)21(22(28)25-24(27)30)13-17-12-15(2)26(16(17)3)14-20-6-5-11-32-20/h7-10,12-13,20H,4-6,11,14H2,1-3H3,(H,25,28,30)/b21-13+/t20-/m1/s1. The summed E-state index contributed by atoms with van der Waals surface area (Å²) in [6.07, 6.45) is 3.81. The first kappa shape index (κ1) is 21.8. The maximum Gasteiger partial charge on any atom is 0.335 e. The molecule has 8 heteroatoms. The van der Waals surface area contributed by atoms with Crippen LogP contribution in [0.3, 0.4) is 0 Å². The van der Waals surface area contributed by atoms with Gasteiger partial charge in [0.25, 0.3) is 11.8 Å². The Morgan fingerprint density at radius 1 is 1.19 bits per heavy atom. The van der Waals surface area contributed by atoms with Crippen molar-refractivity contribution in [3.05, 3.63) is 52.9 Å². The maximum atomic E-state index is 13.2. The highest BCUT2D eigenvalue weighted by Crippen LogP contribution is 2.26. The van der Waals surface area contributed by atoms with Gasteiger partial charge in [-0.25, -0.2) is 9.69 Å². The number of nitrogens with zero attached hydrogens (tertiary/aromatic N) is 2. The number of aryl methyl sites for hydroxylation is 1. The molecule has 1 aromatic heterocycles. The molecule has 2 aromatic rings. The van der Waals surface area contributed by atoms with Crippen LogP contribution in [-0.2, 0) is 20.9 Å². The molecular weight excluding hydrogens is 410 g/mol. The minimum atomic E-state index is -0.773. The fourth-order valence-corrected chi connectivity index (χ4v) is 4.15. The molecule has 8 nitrogen and oxygen atoms in total. The summed E-state index contributed by atoms with van der Waals surface area (Å²) >= 11 is 0. The molecule has 0 unspecified atom stereocenters. The van der Waals surface area contributed by atoms with Crippen molar-refractivity contribution in [1.82, 2.24) is 9.88 Å². The molecule has 168 valence electrons. The van der Waals surface area contributed by atoms with Crippen molar-refractivity contribution in [1.29, 1.82) is 0 Å². The smallest absolute Gasteiger partial charge is 0.335 e. The van der Waals surface area contributed by atoms with Crippen LogP contribution in [0.2, 0.25) is 0 Å². The maximum absolute atomic E-state index is 13.2. The molecule has 2 aliphatic heterocycles. The molecule has 3 heterocycles. The van der Waals surface area contributed by atoms with Gasteiger partial charge in [0.2, 0.25) is 0 Å². The van der Waals surface area contributed by atoms with Gasteiger partial charge in [0.1, 0.15) is 11.3 Å². The number of hydrogen-bond donors (Lipinski definition) is 1. The minimum Gasteiger partial charge on any atom is -0.494 e. The molecular formula is C24H27N3O5. The van der Waals surface area contributed by atoms with Crippen LogP contribution in [0.5, 0.6) is 5.75 Å². The summed E-state index contributed by atoms with van der Waals surface area (Å²) in [5.74, 6) is -0.732. The molecule has 1 N–H and O–H groups in total. The Labute approximate surface area is 186 Å². The van der Waals surface area contributed by atoms with Gasteiger partial charge in [0, 0.05) is 24.5 Å². The summed E-state index contributed by atoms with van der Waals surface area (Å²) in [7, 11) is 0. The van der Waals surface area contributed by atoms with Gasteiger partial charge in [-0.2, -0.15) is 0 Å². The number of ether oxygens (including phenoxy) is 2. The Balaban J connectivity index is 1.63. The third-order valence-corrected chi connectivity index (χ3v) is 5.83. The van der Waals surface area contributed by atoms with Crippen molar-refractivity contribution < 1.29 is 23.9 Å². The Morgan fingerprint density at radius 3 is 2.59 bits per heavy atom. The zero-order chi connectivity index (χ0) is 22.8. The van der Waals surface area contributed by atoms with E-state index in [2.05, 4.69) is 9.88 Å². The number of barbiturate groups is 1. The van der Waals surface area contributed by atoms with Crippen LogP contribution in [-0.4, -0.2) is 41.7 Å². The van der Waals surface area contributed by atoms with E-state index in [0.29, 0.717) is 18.0 Å². The Kier molecular flexibility index (Phi) is 6.14. The first-order valence-corrected chi connectivity index (χ1v) is 10.8. The summed E-state index contributed by atoms with van der Waals surface area (Å²) in [6, 6.07) is 7.75. The first-order valence-electron chi connectivity index (χ1n) is 10.8. The molecule has 2 saturated heterocycles. The molecule has 4 rings (SSSR count). The summed E-state index contributed by atoms with van der Waals surface area (Å²) < 4.78 is 13.3. The van der Waals surface area contributed by atoms with Crippen LogP contribution in [0.4, 0.5) is 10.5 Å². The van der Waals surface area contributed by atoms with Gasteiger partial charge in [-0.15, -0.1) is 0 Å². The number of imide groups is 2. The van der Waals surface area contributed by atoms with E-state index >= 15 is 0 Å². The third-order valence-electron chi connectivity index (χ3n) is 5.83. The summed E-state index contributed by atoms with van der Waals surface area (Å²) in [5.41, 5.74) is 3.00. The Bertz CT molecular complexity index is 1080. The largest absolute Gasteiger partial charge is 0.494 e. The van der Waals surface area contributed by atoms with E-state index in [0.717, 1.165) is 47.8 Å². The van der Waals surface area contributed by atoms with E-state index in [-0.39, 0.29) is 11.7 Å². The van der Waals surface area contributed by atoms with Crippen molar-refractivity contribution in [2.24, 2.45) is 0 Å². The van der Waals surface area contributed by atoms with Crippen LogP contribution in [0, 0.1) is 13.8 Å². The van der Waals surface area contributed by atoms with Gasteiger partial charge < -0.3 is 14.0 Å². The topological polar surface area (TPSA) is 89.9 Å². The predicted molar refractivity (Wildman–Crippen MR) is 119 cm³/mol. The fraction of sp³-hybridized carbons (Fsp3) is 0.375. The predicted octanol–water partition coefficient (Wildman–Crippen LogP) is 3.35. The van der Waals surface area contributed by atoms with Gasteiger partial charge in [-0.3, -0.25) is 14.9 Å². The van der Waals surface area contributed by atoms with Gasteiger partial charge in [-0.1, -0.05) is 0 Å². The van der Waals surface area contributed by atoms with Crippen LogP contribution in [0.25, 0.3) is 6.08 Å². The summed E-state index contributed by atoms with van der Waals surface area (Å²) in [6.45, 7) is 7.84. The normalized spacial score (nSPS) is 20.2. The number of amides is 4. The molecule has 4 amide bonds. The first-order chi connectivity index (χ1) is 15.4. The van der Waals surface area contributed by atoms with E-state index in [9.17, 15) is 14.4 Å². The van der Waals surface area contributed by atoms with E-state index in [1.165, 1.54) is 0 Å². The summed E-state index contributed by atoms with van der Waals surface area (Å²) in [5, 5.41) is 2.27. The van der Waals surface area contributed by atoms with E-state index in [1.807, 2.05) is 26.8 Å². The lowest BCUT2D eigenvalue weighted by atomic mass is 10.1. The van der Waals surface area contributed by atoms with Crippen molar-refractivity contribution >= 4 is 29.6 Å². The third kappa shape index (κ3) is 4.18. The lowest BCUT2D eigenvalue weighted by Crippen LogP contribution is -2.54. The van der Waals surface area contributed by atoms with E-state index in [4.69, 9.17) is 9.47 Å². The number of nitrogens with one attached hydrogen (secondary N) is 1. The number of rotatable bonds is 6. The average molecular weight is 437 g/mol. The monoisotopic (exact) mass is 437 g/mol. The molecule has 2 aliphatic rings. The van der Waals surface area contributed by atoms with Crippen LogP contribution in [0.15, 0.2) is 35.9 Å². The second-order valence-corrected chi connectivity index (χ2v) is 7.96. The van der Waals surface area contributed by atoms with Crippen LogP contribution in [0.1, 0.15) is 36.7 Å². The molecule has 0 radical (unpaired) electrons. The molecule has 1 atom stereocenters. The molecule has 0 bridgehead atoms. The van der Waals surface area contributed by atoms with Crippen molar-refractivity contribution in [2.75, 3.05) is 18.1 Å². The number of urea groups is 1. The average Bonchev–Trinajstić information content (AvgIpc) is 3.36. The van der Waals surface area contributed by atoms with Gasteiger partial charge in [-0.05, 0) is 75.6 Å². The zero-order valence-electron chi connectivity index (χ0n) is 18.5. The number of anilines is 1. The van der Waals surface area contributed by atoms with Crippen LogP contribution < -0.4 is 15.0 Å². The number of hydrogen-bond acceptors (Lipinski definition) is 5. The van der Waals surface area contributed by atoms with Gasteiger partial charge in [0.05, 0.1) is 18.4 Å². The highest BCUT2D eigenvalue weighted by molar-refractivity contribution is 6.39. The van der Waals surface area contributed by atoms with E-state index in [1.54, 1.807) is 30.3 Å². The minimum absolute atomic E-state index is 0.0872. The zero-order valence-corrected chi connectivity index (χ0v) is 18.5. The highest BCUT2D eigenvalue weighted by Gasteiger charge is 2.37. The number of benzene rings is 1. The van der Waals surface area contributed by atoms with Crippen molar-refractivity contribution in [3.8, 4) is 5.75 Å². The SMILES string of the molecule is CCOc1ccc(N2C(=O)NC(=O)/C(=C\c3cc(C)n(C[C@H]4CCCO4)c3C)C2=O)cc1. The van der Waals surface area contributed by atoms with Crippen molar-refractivity contribution in [2.45, 2.75) is 46.3 Å². The number of carbonyl (C=O) groups is 3. The fourth-order valence-electron chi connectivity index (χ4n) is 4.15. The molecule has 0 saturated carbocycles. The number of carbonyl (C=O) groups excluding carboxylic acids is 3. The Hall–Kier alpha value is -3.39. The second-order valence-electron chi connectivity index (χ2n) is 7.96. The molecule has 0 spiro atoms. The lowest BCUT2D eigenvalue weighted by Gasteiger charge is -2.26. The Morgan fingerprint density at radius 2 is 1.94 bits per heavy atom. The quantitative estimate of drug-likeness (QED) is 0.553. The van der Waals surface area contributed by atoms with Gasteiger partial charge in [0.15, 0.2) is 0 Å². The molecule has 32 heavy (non-hydrogen) atoms. The second kappa shape index (κ2) is 9.00. The summed E-state index contributed by atoms with van der Waals surface area (Å²) in [4.78, 5) is 39.1. The van der Waals surface area contributed by atoms with Crippen molar-refractivity contribution in [3.63, 3.8) is 0 Å².